The Kier molecular flexibility index (Phi) is 7.72. The Balaban J connectivity index is 1.15. The zero-order valence-corrected chi connectivity index (χ0v) is 21.6. The van der Waals surface area contributed by atoms with Crippen LogP contribution < -0.4 is 9.64 Å². The van der Waals surface area contributed by atoms with Crippen LogP contribution in [0.25, 0.3) is 5.57 Å². The zero-order valence-electron chi connectivity index (χ0n) is 21.6. The van der Waals surface area contributed by atoms with Gasteiger partial charge < -0.3 is 9.64 Å². The van der Waals surface area contributed by atoms with Gasteiger partial charge in [0.05, 0.1) is 6.61 Å². The Morgan fingerprint density at radius 3 is 2.39 bits per heavy atom. The van der Waals surface area contributed by atoms with Gasteiger partial charge in [-0.25, -0.2) is 4.39 Å². The van der Waals surface area contributed by atoms with Gasteiger partial charge in [0.2, 0.25) is 0 Å². The average Bonchev–Trinajstić information content (AvgIpc) is 2.91. The van der Waals surface area contributed by atoms with E-state index in [0.717, 1.165) is 63.3 Å². The number of benzene rings is 3. The van der Waals surface area contributed by atoms with Crippen LogP contribution in [0.3, 0.4) is 0 Å². The lowest BCUT2D eigenvalue weighted by Gasteiger charge is -2.37. The van der Waals surface area contributed by atoms with E-state index >= 15 is 0 Å². The van der Waals surface area contributed by atoms with Gasteiger partial charge in [0.15, 0.2) is 0 Å². The van der Waals surface area contributed by atoms with Crippen LogP contribution in [0.4, 0.5) is 10.1 Å². The molecule has 1 fully saturated rings. The Morgan fingerprint density at radius 2 is 1.64 bits per heavy atom. The molecule has 1 saturated heterocycles. The largest absolute Gasteiger partial charge is 0.493 e. The zero-order chi connectivity index (χ0) is 24.9. The molecule has 1 heterocycles. The number of piperazine rings is 1. The second-order valence-electron chi connectivity index (χ2n) is 10.4. The first-order valence-corrected chi connectivity index (χ1v) is 13.3. The Labute approximate surface area is 215 Å². The number of halogens is 1. The Bertz CT molecular complexity index is 1180. The highest BCUT2D eigenvalue weighted by Gasteiger charge is 2.22. The molecule has 1 aliphatic carbocycles. The number of allylic oxidation sites excluding steroid dienone is 1. The summed E-state index contributed by atoms with van der Waals surface area (Å²) < 4.78 is 19.3. The predicted octanol–water partition coefficient (Wildman–Crippen LogP) is 6.63. The number of fused-ring (bicyclic) bond motifs is 1. The summed E-state index contributed by atoms with van der Waals surface area (Å²) in [7, 11) is 0. The van der Waals surface area contributed by atoms with Crippen LogP contribution in [0.2, 0.25) is 0 Å². The van der Waals surface area contributed by atoms with E-state index in [4.69, 9.17) is 4.74 Å². The van der Waals surface area contributed by atoms with Gasteiger partial charge in [0, 0.05) is 38.4 Å². The van der Waals surface area contributed by atoms with Crippen LogP contribution in [-0.4, -0.2) is 44.2 Å². The second kappa shape index (κ2) is 11.3. The molecule has 0 radical (unpaired) electrons. The fourth-order valence-corrected chi connectivity index (χ4v) is 5.49. The summed E-state index contributed by atoms with van der Waals surface area (Å²) in [5.74, 6) is 1.13. The van der Waals surface area contributed by atoms with Gasteiger partial charge in [0.1, 0.15) is 11.6 Å². The summed E-state index contributed by atoms with van der Waals surface area (Å²) >= 11 is 0. The van der Waals surface area contributed by atoms with Crippen molar-refractivity contribution >= 4 is 11.3 Å². The van der Waals surface area contributed by atoms with Crippen molar-refractivity contribution < 1.29 is 9.13 Å². The van der Waals surface area contributed by atoms with E-state index in [1.807, 2.05) is 12.1 Å². The van der Waals surface area contributed by atoms with Gasteiger partial charge in [-0.15, -0.1) is 0 Å². The van der Waals surface area contributed by atoms with Crippen LogP contribution in [0, 0.1) is 11.7 Å². The molecule has 1 aliphatic heterocycles. The first-order chi connectivity index (χ1) is 17.5. The maximum Gasteiger partial charge on any atom is 0.123 e. The fourth-order valence-electron chi connectivity index (χ4n) is 5.49. The minimum absolute atomic E-state index is 0.185. The molecule has 2 aliphatic rings. The van der Waals surface area contributed by atoms with E-state index in [1.54, 1.807) is 5.57 Å². The standard InChI is InChI=1S/C32H37FN2O/c1-24(20-26-8-12-29(33)13-9-26)23-36-31-14-15-32-25(2)28(11-10-27(32)21-31)22-34-16-18-35(19-17-34)30-6-4-3-5-7-30/h3-9,12-15,21,24H,10-11,16-20,22-23H2,1-2H3/t24-/m1/s1. The second-order valence-corrected chi connectivity index (χ2v) is 10.4. The molecule has 0 spiro atoms. The van der Waals surface area contributed by atoms with Gasteiger partial charge in [-0.3, -0.25) is 4.90 Å². The highest BCUT2D eigenvalue weighted by Crippen LogP contribution is 2.34. The van der Waals surface area contributed by atoms with Crippen LogP contribution in [0.15, 0.2) is 78.4 Å². The minimum Gasteiger partial charge on any atom is -0.493 e. The van der Waals surface area contributed by atoms with Gasteiger partial charge in [-0.2, -0.15) is 0 Å². The van der Waals surface area contributed by atoms with Crippen molar-refractivity contribution in [2.45, 2.75) is 33.1 Å². The maximum absolute atomic E-state index is 13.1. The predicted molar refractivity (Wildman–Crippen MR) is 147 cm³/mol. The summed E-state index contributed by atoms with van der Waals surface area (Å²) in [4.78, 5) is 5.11. The lowest BCUT2D eigenvalue weighted by Crippen LogP contribution is -2.47. The minimum atomic E-state index is -0.185. The van der Waals surface area contributed by atoms with Crippen molar-refractivity contribution in [2.24, 2.45) is 5.92 Å². The van der Waals surface area contributed by atoms with Crippen molar-refractivity contribution in [1.29, 1.82) is 0 Å². The van der Waals surface area contributed by atoms with Crippen molar-refractivity contribution in [3.05, 3.63) is 101 Å². The number of para-hydroxylation sites is 1. The van der Waals surface area contributed by atoms with E-state index in [1.165, 1.54) is 34.5 Å². The summed E-state index contributed by atoms with van der Waals surface area (Å²) in [6.07, 6.45) is 3.09. The molecule has 0 bridgehead atoms. The smallest absolute Gasteiger partial charge is 0.123 e. The molecule has 0 aromatic heterocycles. The first-order valence-electron chi connectivity index (χ1n) is 13.3. The summed E-state index contributed by atoms with van der Waals surface area (Å²) in [6, 6.07) is 24.1. The quantitative estimate of drug-likeness (QED) is 0.357. The molecule has 36 heavy (non-hydrogen) atoms. The summed E-state index contributed by atoms with van der Waals surface area (Å²) in [5, 5.41) is 0. The molecule has 3 nitrogen and oxygen atoms in total. The number of nitrogens with zero attached hydrogens (tertiary/aromatic N) is 2. The van der Waals surface area contributed by atoms with Crippen molar-refractivity contribution in [1.82, 2.24) is 4.90 Å². The molecular weight excluding hydrogens is 447 g/mol. The number of aryl methyl sites for hydroxylation is 1. The topological polar surface area (TPSA) is 15.7 Å². The van der Waals surface area contributed by atoms with Crippen LogP contribution in [0.5, 0.6) is 5.75 Å². The van der Waals surface area contributed by atoms with Crippen molar-refractivity contribution in [3.8, 4) is 5.75 Å². The number of hydrogen-bond acceptors (Lipinski definition) is 3. The van der Waals surface area contributed by atoms with E-state index in [-0.39, 0.29) is 5.82 Å². The molecule has 3 aromatic rings. The third-order valence-corrected chi connectivity index (χ3v) is 7.65. The first kappa shape index (κ1) is 24.6. The maximum atomic E-state index is 13.1. The van der Waals surface area contributed by atoms with E-state index in [0.29, 0.717) is 12.5 Å². The number of rotatable bonds is 8. The van der Waals surface area contributed by atoms with E-state index in [9.17, 15) is 4.39 Å². The molecule has 5 rings (SSSR count). The van der Waals surface area contributed by atoms with E-state index in [2.05, 4.69) is 72.2 Å². The van der Waals surface area contributed by atoms with Crippen molar-refractivity contribution in [2.75, 3.05) is 44.2 Å². The Morgan fingerprint density at radius 1 is 0.889 bits per heavy atom. The van der Waals surface area contributed by atoms with Gasteiger partial charge in [-0.05, 0) is 90.8 Å². The van der Waals surface area contributed by atoms with Crippen molar-refractivity contribution in [3.63, 3.8) is 0 Å². The highest BCUT2D eigenvalue weighted by atomic mass is 19.1. The monoisotopic (exact) mass is 484 g/mol. The normalized spacial score (nSPS) is 17.1. The molecule has 4 heteroatoms. The lowest BCUT2D eigenvalue weighted by molar-refractivity contribution is 0.259. The molecular formula is C32H37FN2O. The SMILES string of the molecule is CC1=C(CN2CCN(c3ccccc3)CC2)CCc2cc(OC[C@H](C)Cc3ccc(F)cc3)ccc21. The highest BCUT2D eigenvalue weighted by molar-refractivity contribution is 5.72. The molecule has 1 atom stereocenters. The van der Waals surface area contributed by atoms with Gasteiger partial charge in [0.25, 0.3) is 0 Å². The summed E-state index contributed by atoms with van der Waals surface area (Å²) in [6.45, 7) is 10.6. The molecule has 0 unspecified atom stereocenters. The number of ether oxygens (including phenoxy) is 1. The summed E-state index contributed by atoms with van der Waals surface area (Å²) in [5.41, 5.74) is 8.28. The van der Waals surface area contributed by atoms with Crippen LogP contribution in [0.1, 0.15) is 37.0 Å². The molecule has 188 valence electrons. The molecule has 0 saturated carbocycles. The third kappa shape index (κ3) is 5.99. The lowest BCUT2D eigenvalue weighted by atomic mass is 9.86. The number of hydrogen-bond donors (Lipinski definition) is 0. The molecule has 0 N–H and O–H groups in total. The molecule has 3 aromatic carbocycles. The fraction of sp³-hybridized carbons (Fsp3) is 0.375. The van der Waals surface area contributed by atoms with E-state index < -0.39 is 0 Å². The average molecular weight is 485 g/mol. The van der Waals surface area contributed by atoms with Crippen LogP contribution in [-0.2, 0) is 12.8 Å². The van der Waals surface area contributed by atoms with Gasteiger partial charge >= 0.3 is 0 Å². The molecule has 0 amide bonds. The van der Waals surface area contributed by atoms with Gasteiger partial charge in [-0.1, -0.05) is 48.9 Å². The third-order valence-electron chi connectivity index (χ3n) is 7.65. The Hall–Kier alpha value is -3.11. The number of anilines is 1. The van der Waals surface area contributed by atoms with Crippen LogP contribution >= 0.6 is 0 Å².